The predicted octanol–water partition coefficient (Wildman–Crippen LogP) is 4.13. The standard InChI is InChI=1S/C23H26Cl2N4O3/c1-28(15-21(30)27-19-8-4-3-7-18(19)25)22(31)14-26-20-13-16(24)9-10-17(20)23(32)29-11-5-2-6-12-29/h3-4,7-10,13,26H,2,5-6,11-12,14-15H2,1H3,(H,27,30). The van der Waals surface area contributed by atoms with Gasteiger partial charge in [0.25, 0.3) is 5.91 Å². The molecular weight excluding hydrogens is 451 g/mol. The van der Waals surface area contributed by atoms with Crippen molar-refractivity contribution in [3.63, 3.8) is 0 Å². The zero-order chi connectivity index (χ0) is 23.1. The Morgan fingerprint density at radius 2 is 1.72 bits per heavy atom. The Morgan fingerprint density at radius 1 is 1.00 bits per heavy atom. The molecule has 0 atom stereocenters. The van der Waals surface area contributed by atoms with Crippen LogP contribution >= 0.6 is 23.2 Å². The summed E-state index contributed by atoms with van der Waals surface area (Å²) in [5, 5.41) is 6.58. The van der Waals surface area contributed by atoms with Gasteiger partial charge < -0.3 is 20.4 Å². The van der Waals surface area contributed by atoms with E-state index in [0.29, 0.717) is 27.0 Å². The van der Waals surface area contributed by atoms with Gasteiger partial charge in [0, 0.05) is 30.8 Å². The van der Waals surface area contributed by atoms with Crippen molar-refractivity contribution < 1.29 is 14.4 Å². The van der Waals surface area contributed by atoms with E-state index in [-0.39, 0.29) is 30.8 Å². The van der Waals surface area contributed by atoms with E-state index in [1.165, 1.54) is 11.9 Å². The molecule has 0 radical (unpaired) electrons. The molecule has 0 spiro atoms. The average Bonchev–Trinajstić information content (AvgIpc) is 2.79. The number of halogens is 2. The van der Waals surface area contributed by atoms with Crippen LogP contribution in [0.4, 0.5) is 11.4 Å². The molecule has 2 N–H and O–H groups in total. The number of rotatable bonds is 7. The van der Waals surface area contributed by atoms with E-state index in [1.807, 2.05) is 4.90 Å². The summed E-state index contributed by atoms with van der Waals surface area (Å²) < 4.78 is 0. The first kappa shape index (κ1) is 23.9. The van der Waals surface area contributed by atoms with Crippen molar-refractivity contribution in [3.05, 3.63) is 58.1 Å². The normalized spacial score (nSPS) is 13.4. The van der Waals surface area contributed by atoms with Crippen LogP contribution in [0.2, 0.25) is 10.0 Å². The van der Waals surface area contributed by atoms with Crippen LogP contribution in [0, 0.1) is 0 Å². The number of anilines is 2. The summed E-state index contributed by atoms with van der Waals surface area (Å²) in [6, 6.07) is 11.8. The lowest BCUT2D eigenvalue weighted by Gasteiger charge is -2.27. The molecule has 2 aromatic rings. The summed E-state index contributed by atoms with van der Waals surface area (Å²) in [7, 11) is 1.54. The minimum absolute atomic E-state index is 0.0798. The van der Waals surface area contributed by atoms with Crippen molar-refractivity contribution in [1.29, 1.82) is 0 Å². The highest BCUT2D eigenvalue weighted by Gasteiger charge is 2.22. The highest BCUT2D eigenvalue weighted by molar-refractivity contribution is 6.33. The topological polar surface area (TPSA) is 81.8 Å². The molecule has 1 aliphatic rings. The first-order chi connectivity index (χ1) is 15.3. The van der Waals surface area contributed by atoms with Crippen LogP contribution in [0.25, 0.3) is 0 Å². The second-order valence-electron chi connectivity index (χ2n) is 7.67. The zero-order valence-electron chi connectivity index (χ0n) is 17.9. The molecule has 0 aromatic heterocycles. The number of hydrogen-bond donors (Lipinski definition) is 2. The Balaban J connectivity index is 1.59. The average molecular weight is 477 g/mol. The molecule has 3 amide bonds. The number of nitrogens with one attached hydrogen (secondary N) is 2. The molecule has 0 aliphatic carbocycles. The summed E-state index contributed by atoms with van der Waals surface area (Å²) in [6.45, 7) is 1.23. The number of likely N-dealkylation sites (N-methyl/N-ethyl adjacent to an activating group) is 1. The van der Waals surface area contributed by atoms with Crippen LogP contribution in [-0.2, 0) is 9.59 Å². The van der Waals surface area contributed by atoms with E-state index in [0.717, 1.165) is 32.4 Å². The van der Waals surface area contributed by atoms with Crippen molar-refractivity contribution in [2.24, 2.45) is 0 Å². The molecule has 32 heavy (non-hydrogen) atoms. The highest BCUT2D eigenvalue weighted by Crippen LogP contribution is 2.24. The van der Waals surface area contributed by atoms with Crippen molar-refractivity contribution in [3.8, 4) is 0 Å². The summed E-state index contributed by atoms with van der Waals surface area (Å²) in [5.74, 6) is -0.753. The van der Waals surface area contributed by atoms with Gasteiger partial charge in [0.2, 0.25) is 11.8 Å². The summed E-state index contributed by atoms with van der Waals surface area (Å²) in [6.07, 6.45) is 3.10. The fourth-order valence-corrected chi connectivity index (χ4v) is 3.83. The summed E-state index contributed by atoms with van der Waals surface area (Å²) in [4.78, 5) is 40.9. The maximum Gasteiger partial charge on any atom is 0.255 e. The molecule has 7 nitrogen and oxygen atoms in total. The minimum atomic E-state index is -0.363. The fourth-order valence-electron chi connectivity index (χ4n) is 3.48. The van der Waals surface area contributed by atoms with Crippen LogP contribution < -0.4 is 10.6 Å². The molecule has 1 saturated heterocycles. The number of carbonyl (C=O) groups is 3. The SMILES string of the molecule is CN(CC(=O)Nc1ccccc1Cl)C(=O)CNc1cc(Cl)ccc1C(=O)N1CCCCC1. The highest BCUT2D eigenvalue weighted by atomic mass is 35.5. The Morgan fingerprint density at radius 3 is 2.44 bits per heavy atom. The summed E-state index contributed by atoms with van der Waals surface area (Å²) in [5.41, 5.74) is 1.46. The molecule has 0 saturated carbocycles. The monoisotopic (exact) mass is 476 g/mol. The van der Waals surface area contributed by atoms with E-state index in [9.17, 15) is 14.4 Å². The Hall–Kier alpha value is -2.77. The first-order valence-corrected chi connectivity index (χ1v) is 11.2. The fraction of sp³-hybridized carbons (Fsp3) is 0.348. The lowest BCUT2D eigenvalue weighted by atomic mass is 10.1. The molecule has 1 fully saturated rings. The van der Waals surface area contributed by atoms with Crippen molar-refractivity contribution in [2.45, 2.75) is 19.3 Å². The second-order valence-corrected chi connectivity index (χ2v) is 8.52. The lowest BCUT2D eigenvalue weighted by molar-refractivity contribution is -0.131. The lowest BCUT2D eigenvalue weighted by Crippen LogP contribution is -2.38. The van der Waals surface area contributed by atoms with E-state index in [2.05, 4.69) is 10.6 Å². The van der Waals surface area contributed by atoms with Gasteiger partial charge in [0.1, 0.15) is 0 Å². The molecule has 0 unspecified atom stereocenters. The van der Waals surface area contributed by atoms with Gasteiger partial charge in [0.15, 0.2) is 0 Å². The third-order valence-corrected chi connectivity index (χ3v) is 5.80. The van der Waals surface area contributed by atoms with Gasteiger partial charge >= 0.3 is 0 Å². The number of nitrogens with zero attached hydrogens (tertiary/aromatic N) is 2. The number of para-hydroxylation sites is 1. The quantitative estimate of drug-likeness (QED) is 0.629. The number of piperidine rings is 1. The van der Waals surface area contributed by atoms with Gasteiger partial charge in [-0.3, -0.25) is 14.4 Å². The van der Waals surface area contributed by atoms with E-state index in [4.69, 9.17) is 23.2 Å². The number of benzene rings is 2. The molecule has 0 bridgehead atoms. The van der Waals surface area contributed by atoms with Crippen LogP contribution in [0.1, 0.15) is 29.6 Å². The zero-order valence-corrected chi connectivity index (χ0v) is 19.4. The van der Waals surface area contributed by atoms with Crippen LogP contribution in [0.5, 0.6) is 0 Å². The Labute approximate surface area is 197 Å². The second kappa shape index (κ2) is 11.2. The van der Waals surface area contributed by atoms with E-state index >= 15 is 0 Å². The number of amides is 3. The van der Waals surface area contributed by atoms with Gasteiger partial charge in [-0.2, -0.15) is 0 Å². The largest absolute Gasteiger partial charge is 0.375 e. The van der Waals surface area contributed by atoms with Crippen LogP contribution in [-0.4, -0.2) is 60.7 Å². The molecule has 9 heteroatoms. The minimum Gasteiger partial charge on any atom is -0.375 e. The molecule has 170 valence electrons. The Bertz CT molecular complexity index is 993. The van der Waals surface area contributed by atoms with Gasteiger partial charge in [-0.1, -0.05) is 35.3 Å². The molecule has 2 aromatic carbocycles. The van der Waals surface area contributed by atoms with Gasteiger partial charge in [-0.25, -0.2) is 0 Å². The molecule has 3 rings (SSSR count). The van der Waals surface area contributed by atoms with Crippen molar-refractivity contribution in [2.75, 3.05) is 43.9 Å². The Kier molecular flexibility index (Phi) is 8.36. The van der Waals surface area contributed by atoms with E-state index < -0.39 is 0 Å². The summed E-state index contributed by atoms with van der Waals surface area (Å²) >= 11 is 12.2. The third-order valence-electron chi connectivity index (χ3n) is 5.24. The number of hydrogen-bond acceptors (Lipinski definition) is 4. The van der Waals surface area contributed by atoms with Gasteiger partial charge in [-0.05, 0) is 49.6 Å². The predicted molar refractivity (Wildman–Crippen MR) is 127 cm³/mol. The maximum atomic E-state index is 12.9. The third kappa shape index (κ3) is 6.37. The van der Waals surface area contributed by atoms with Crippen molar-refractivity contribution >= 4 is 52.3 Å². The number of carbonyl (C=O) groups excluding carboxylic acids is 3. The molecule has 1 aliphatic heterocycles. The van der Waals surface area contributed by atoms with E-state index in [1.54, 1.807) is 42.5 Å². The maximum absolute atomic E-state index is 12.9. The smallest absolute Gasteiger partial charge is 0.255 e. The first-order valence-electron chi connectivity index (χ1n) is 10.5. The van der Waals surface area contributed by atoms with Gasteiger partial charge in [-0.15, -0.1) is 0 Å². The van der Waals surface area contributed by atoms with Gasteiger partial charge in [0.05, 0.1) is 29.4 Å². The molecular formula is C23H26Cl2N4O3. The number of likely N-dealkylation sites (tertiary alicyclic amines) is 1. The van der Waals surface area contributed by atoms with Crippen LogP contribution in [0.15, 0.2) is 42.5 Å². The van der Waals surface area contributed by atoms with Crippen LogP contribution in [0.3, 0.4) is 0 Å². The van der Waals surface area contributed by atoms with Crippen molar-refractivity contribution in [1.82, 2.24) is 9.80 Å². The molecule has 1 heterocycles.